The van der Waals surface area contributed by atoms with Crippen LogP contribution in [0.25, 0.3) is 0 Å². The second-order valence-electron chi connectivity index (χ2n) is 3.50. The highest BCUT2D eigenvalue weighted by Gasteiger charge is 2.11. The number of rotatable bonds is 4. The molecular weight excluding hydrogens is 198 g/mol. The van der Waals surface area contributed by atoms with Gasteiger partial charge in [0, 0.05) is 13.0 Å². The molecule has 0 unspecified atom stereocenters. The number of thioether (sulfide) groups is 1. The molecule has 0 saturated heterocycles. The molecule has 1 heterocycles. The minimum atomic E-state index is 0.0943. The molecule has 1 aromatic heterocycles. The summed E-state index contributed by atoms with van der Waals surface area (Å²) < 4.78 is 1.89. The van der Waals surface area contributed by atoms with E-state index in [-0.39, 0.29) is 11.7 Å². The van der Waals surface area contributed by atoms with Crippen LogP contribution in [0.2, 0.25) is 0 Å². The smallest absolute Gasteiger partial charge is 0.191 e. The molecule has 0 fully saturated rings. The van der Waals surface area contributed by atoms with Gasteiger partial charge in [0.25, 0.3) is 0 Å². The summed E-state index contributed by atoms with van der Waals surface area (Å²) in [7, 11) is 1.90. The predicted octanol–water partition coefficient (Wildman–Crippen LogP) is 1.44. The first-order valence-electron chi connectivity index (χ1n) is 4.54. The maximum Gasteiger partial charge on any atom is 0.191 e. The van der Waals surface area contributed by atoms with Gasteiger partial charge in [0.05, 0.1) is 5.75 Å². The lowest BCUT2D eigenvalue weighted by molar-refractivity contribution is -0.119. The quantitative estimate of drug-likeness (QED) is 0.710. The molecule has 0 N–H and O–H groups in total. The third kappa shape index (κ3) is 2.57. The third-order valence-electron chi connectivity index (χ3n) is 2.04. The largest absolute Gasteiger partial charge is 0.309 e. The van der Waals surface area contributed by atoms with Crippen LogP contribution >= 0.6 is 11.8 Å². The van der Waals surface area contributed by atoms with E-state index in [1.54, 1.807) is 0 Å². The van der Waals surface area contributed by atoms with Gasteiger partial charge in [-0.05, 0) is 6.92 Å². The minimum absolute atomic E-state index is 0.0943. The van der Waals surface area contributed by atoms with Crippen LogP contribution in [0.15, 0.2) is 5.16 Å². The number of hydrogen-bond acceptors (Lipinski definition) is 4. The van der Waals surface area contributed by atoms with Crippen molar-refractivity contribution in [3.8, 4) is 0 Å². The van der Waals surface area contributed by atoms with Crippen LogP contribution in [0.1, 0.15) is 19.7 Å². The van der Waals surface area contributed by atoms with E-state index in [0.29, 0.717) is 5.75 Å². The SMILES string of the molecule is Cc1nnc(SCC(=O)C(C)C)n1C. The molecule has 14 heavy (non-hydrogen) atoms. The number of Topliss-reactive ketones (excluding diaryl/α,β-unsaturated/α-hetero) is 1. The fourth-order valence-corrected chi connectivity index (χ4v) is 1.84. The summed E-state index contributed by atoms with van der Waals surface area (Å²) in [5.41, 5.74) is 0. The summed E-state index contributed by atoms with van der Waals surface area (Å²) in [5, 5.41) is 8.69. The predicted molar refractivity (Wildman–Crippen MR) is 56.3 cm³/mol. The van der Waals surface area contributed by atoms with Crippen molar-refractivity contribution in [2.24, 2.45) is 13.0 Å². The zero-order chi connectivity index (χ0) is 10.7. The Morgan fingerprint density at radius 3 is 2.57 bits per heavy atom. The number of carbonyl (C=O) groups excluding carboxylic acids is 1. The van der Waals surface area contributed by atoms with Crippen LogP contribution in [0.3, 0.4) is 0 Å². The van der Waals surface area contributed by atoms with Gasteiger partial charge in [-0.15, -0.1) is 10.2 Å². The van der Waals surface area contributed by atoms with Crippen LogP contribution in [0.4, 0.5) is 0 Å². The Morgan fingerprint density at radius 2 is 2.14 bits per heavy atom. The van der Waals surface area contributed by atoms with Crippen molar-refractivity contribution >= 4 is 17.5 Å². The standard InChI is InChI=1S/C9H15N3OS/c1-6(2)8(13)5-14-9-11-10-7(3)12(9)4/h6H,5H2,1-4H3. The van der Waals surface area contributed by atoms with Crippen LogP contribution in [-0.2, 0) is 11.8 Å². The molecule has 0 aliphatic rings. The Hall–Kier alpha value is -0.840. The lowest BCUT2D eigenvalue weighted by Crippen LogP contribution is -2.10. The molecule has 0 aliphatic carbocycles. The highest BCUT2D eigenvalue weighted by atomic mass is 32.2. The van der Waals surface area contributed by atoms with Crippen molar-refractivity contribution in [2.75, 3.05) is 5.75 Å². The number of aryl methyl sites for hydroxylation is 1. The van der Waals surface area contributed by atoms with Gasteiger partial charge in [0.1, 0.15) is 11.6 Å². The Labute approximate surface area is 88.1 Å². The fraction of sp³-hybridized carbons (Fsp3) is 0.667. The van der Waals surface area contributed by atoms with Gasteiger partial charge >= 0.3 is 0 Å². The second-order valence-corrected chi connectivity index (χ2v) is 4.44. The minimum Gasteiger partial charge on any atom is -0.309 e. The number of hydrogen-bond donors (Lipinski definition) is 0. The van der Waals surface area contributed by atoms with Gasteiger partial charge in [-0.3, -0.25) is 4.79 Å². The monoisotopic (exact) mass is 213 g/mol. The summed E-state index contributed by atoms with van der Waals surface area (Å²) in [6, 6.07) is 0. The van der Waals surface area contributed by atoms with Crippen molar-refractivity contribution in [3.05, 3.63) is 5.82 Å². The first-order chi connectivity index (χ1) is 6.52. The summed E-state index contributed by atoms with van der Waals surface area (Å²) >= 11 is 1.44. The molecule has 1 aromatic rings. The molecule has 0 aromatic carbocycles. The van der Waals surface area contributed by atoms with E-state index in [4.69, 9.17) is 0 Å². The summed E-state index contributed by atoms with van der Waals surface area (Å²) in [6.45, 7) is 5.71. The lowest BCUT2D eigenvalue weighted by atomic mass is 10.1. The van der Waals surface area contributed by atoms with Crippen molar-refractivity contribution < 1.29 is 4.79 Å². The molecule has 4 nitrogen and oxygen atoms in total. The van der Waals surface area contributed by atoms with Gasteiger partial charge in [-0.2, -0.15) is 0 Å². The Balaban J connectivity index is 2.54. The molecule has 0 atom stereocenters. The van der Waals surface area contributed by atoms with E-state index in [0.717, 1.165) is 11.0 Å². The number of nitrogens with zero attached hydrogens (tertiary/aromatic N) is 3. The molecule has 0 amide bonds. The van der Waals surface area contributed by atoms with Crippen LogP contribution < -0.4 is 0 Å². The number of carbonyl (C=O) groups is 1. The Kier molecular flexibility index (Phi) is 3.69. The van der Waals surface area contributed by atoms with Gasteiger partial charge in [-0.25, -0.2) is 0 Å². The number of ketones is 1. The van der Waals surface area contributed by atoms with Gasteiger partial charge in [0.15, 0.2) is 5.16 Å². The topological polar surface area (TPSA) is 47.8 Å². The summed E-state index contributed by atoms with van der Waals surface area (Å²) in [5.74, 6) is 1.68. The van der Waals surface area contributed by atoms with Crippen LogP contribution in [-0.4, -0.2) is 26.3 Å². The molecule has 0 aliphatic heterocycles. The van der Waals surface area contributed by atoms with E-state index >= 15 is 0 Å². The van der Waals surface area contributed by atoms with Crippen molar-refractivity contribution in [1.82, 2.24) is 14.8 Å². The van der Waals surface area contributed by atoms with Gasteiger partial charge in [0.2, 0.25) is 0 Å². The fourth-order valence-electron chi connectivity index (χ4n) is 0.816. The molecule has 78 valence electrons. The van der Waals surface area contributed by atoms with E-state index in [1.165, 1.54) is 11.8 Å². The molecule has 0 bridgehead atoms. The Morgan fingerprint density at radius 1 is 1.50 bits per heavy atom. The number of aromatic nitrogens is 3. The molecule has 0 spiro atoms. The molecule has 1 rings (SSSR count). The zero-order valence-corrected chi connectivity index (χ0v) is 9.76. The van der Waals surface area contributed by atoms with Crippen molar-refractivity contribution in [2.45, 2.75) is 25.9 Å². The van der Waals surface area contributed by atoms with Crippen LogP contribution in [0, 0.1) is 12.8 Å². The van der Waals surface area contributed by atoms with Gasteiger partial charge < -0.3 is 4.57 Å². The normalized spacial score (nSPS) is 10.9. The Bertz CT molecular complexity index is 333. The molecule has 0 radical (unpaired) electrons. The maximum absolute atomic E-state index is 11.4. The first-order valence-corrected chi connectivity index (χ1v) is 5.52. The molecule has 0 saturated carbocycles. The summed E-state index contributed by atoms with van der Waals surface area (Å²) in [4.78, 5) is 11.4. The van der Waals surface area contributed by atoms with Gasteiger partial charge in [-0.1, -0.05) is 25.6 Å². The van der Waals surface area contributed by atoms with E-state index in [1.807, 2.05) is 32.4 Å². The van der Waals surface area contributed by atoms with E-state index < -0.39 is 0 Å². The lowest BCUT2D eigenvalue weighted by Gasteiger charge is -2.03. The van der Waals surface area contributed by atoms with E-state index in [2.05, 4.69) is 10.2 Å². The first kappa shape index (κ1) is 11.2. The summed E-state index contributed by atoms with van der Waals surface area (Å²) in [6.07, 6.45) is 0. The zero-order valence-electron chi connectivity index (χ0n) is 8.94. The molecular formula is C9H15N3OS. The third-order valence-corrected chi connectivity index (χ3v) is 3.08. The van der Waals surface area contributed by atoms with E-state index in [9.17, 15) is 4.79 Å². The van der Waals surface area contributed by atoms with Crippen LogP contribution in [0.5, 0.6) is 0 Å². The average molecular weight is 213 g/mol. The highest BCUT2D eigenvalue weighted by Crippen LogP contribution is 2.16. The second kappa shape index (κ2) is 4.59. The van der Waals surface area contributed by atoms with Crippen molar-refractivity contribution in [3.63, 3.8) is 0 Å². The maximum atomic E-state index is 11.4. The average Bonchev–Trinajstić information content (AvgIpc) is 2.44. The van der Waals surface area contributed by atoms with Crippen molar-refractivity contribution in [1.29, 1.82) is 0 Å². The highest BCUT2D eigenvalue weighted by molar-refractivity contribution is 7.99. The molecule has 5 heteroatoms.